The lowest BCUT2D eigenvalue weighted by molar-refractivity contribution is -0.190. The van der Waals surface area contributed by atoms with Crippen LogP contribution in [0.1, 0.15) is 27.7 Å². The summed E-state index contributed by atoms with van der Waals surface area (Å²) in [5.74, 6) is 0. The van der Waals surface area contributed by atoms with Crippen molar-refractivity contribution >= 4 is 20.8 Å². The number of hydrogen-bond donors (Lipinski definition) is 0. The molecule has 0 aromatic heterocycles. The van der Waals surface area contributed by atoms with E-state index in [1.54, 1.807) is 0 Å². The molecule has 0 saturated carbocycles. The summed E-state index contributed by atoms with van der Waals surface area (Å²) < 4.78 is 64.9. The van der Waals surface area contributed by atoms with Gasteiger partial charge < -0.3 is 0 Å². The van der Waals surface area contributed by atoms with Crippen molar-refractivity contribution in [3.63, 3.8) is 0 Å². The van der Waals surface area contributed by atoms with Gasteiger partial charge >= 0.3 is 20.8 Å². The van der Waals surface area contributed by atoms with Crippen molar-refractivity contribution in [2.45, 2.75) is 52.1 Å². The Balaban J connectivity index is 2.47. The molecule has 8 nitrogen and oxygen atoms in total. The van der Waals surface area contributed by atoms with Gasteiger partial charge in [-0.2, -0.15) is 16.8 Å². The fraction of sp³-hybridized carbons (Fsp3) is 1.00. The van der Waals surface area contributed by atoms with Gasteiger partial charge in [0.1, 0.15) is 0 Å². The molecule has 0 bridgehead atoms. The molecule has 2 rings (SSSR count). The molecule has 4 unspecified atom stereocenters. The molecule has 0 radical (unpaired) electrons. The maximum Gasteiger partial charge on any atom is 0.400 e. The molecule has 0 aromatic rings. The lowest BCUT2D eigenvalue weighted by Crippen LogP contribution is -2.66. The van der Waals surface area contributed by atoms with E-state index >= 15 is 0 Å². The van der Waals surface area contributed by atoms with Crippen LogP contribution < -0.4 is 0 Å². The van der Waals surface area contributed by atoms with Crippen LogP contribution in [0.2, 0.25) is 0 Å². The van der Waals surface area contributed by atoms with Crippen molar-refractivity contribution in [1.82, 2.24) is 0 Å². The average Bonchev–Trinajstić information content (AvgIpc) is 2.10. The van der Waals surface area contributed by atoms with Gasteiger partial charge in [-0.3, -0.25) is 0 Å². The molecule has 2 fully saturated rings. The second-order valence-corrected chi connectivity index (χ2v) is 7.17. The zero-order chi connectivity index (χ0) is 14.6. The van der Waals surface area contributed by atoms with Crippen LogP contribution >= 0.6 is 0 Å². The van der Waals surface area contributed by atoms with E-state index < -0.39 is 50.6 Å². The van der Waals surface area contributed by atoms with E-state index in [9.17, 15) is 16.8 Å². The summed E-state index contributed by atoms with van der Waals surface area (Å²) >= 11 is 0. The predicted molar refractivity (Wildman–Crippen MR) is 62.5 cm³/mol. The Labute approximate surface area is 112 Å². The third kappa shape index (κ3) is 2.30. The Hall–Kier alpha value is -0.260. The van der Waals surface area contributed by atoms with Gasteiger partial charge in [0.25, 0.3) is 0 Å². The van der Waals surface area contributed by atoms with Crippen molar-refractivity contribution in [2.24, 2.45) is 5.41 Å². The Morgan fingerprint density at radius 1 is 0.632 bits per heavy atom. The lowest BCUT2D eigenvalue weighted by Gasteiger charge is -2.52. The van der Waals surface area contributed by atoms with Gasteiger partial charge in [-0.1, -0.05) is 0 Å². The molecule has 1 spiro atoms. The minimum absolute atomic E-state index is 0.846. The van der Waals surface area contributed by atoms with Crippen molar-refractivity contribution in [1.29, 1.82) is 0 Å². The highest BCUT2D eigenvalue weighted by molar-refractivity contribution is 7.82. The highest BCUT2D eigenvalue weighted by atomic mass is 32.3. The second kappa shape index (κ2) is 4.37. The Morgan fingerprint density at radius 2 is 0.842 bits per heavy atom. The molecule has 0 amide bonds. The fourth-order valence-electron chi connectivity index (χ4n) is 3.07. The first-order chi connectivity index (χ1) is 8.51. The van der Waals surface area contributed by atoms with Gasteiger partial charge in [0.2, 0.25) is 0 Å². The molecular formula is C9H16O8S2. The van der Waals surface area contributed by atoms with E-state index in [4.69, 9.17) is 16.7 Å². The molecule has 0 aromatic carbocycles. The van der Waals surface area contributed by atoms with E-state index in [-0.39, 0.29) is 0 Å². The molecule has 112 valence electrons. The smallest absolute Gasteiger partial charge is 0.244 e. The summed E-state index contributed by atoms with van der Waals surface area (Å²) in [4.78, 5) is 0. The summed E-state index contributed by atoms with van der Waals surface area (Å²) in [6.07, 6.45) is -3.38. The Morgan fingerprint density at radius 3 is 1.05 bits per heavy atom. The Kier molecular flexibility index (Phi) is 3.48. The predicted octanol–water partition coefficient (Wildman–Crippen LogP) is 0.110. The second-order valence-electron chi connectivity index (χ2n) is 4.77. The number of rotatable bonds is 0. The molecule has 0 aliphatic carbocycles. The van der Waals surface area contributed by atoms with Gasteiger partial charge in [0, 0.05) is 0 Å². The zero-order valence-electron chi connectivity index (χ0n) is 10.9. The lowest BCUT2D eigenvalue weighted by atomic mass is 9.69. The maximum atomic E-state index is 11.4. The molecular weight excluding hydrogens is 300 g/mol. The van der Waals surface area contributed by atoms with Gasteiger partial charge in [-0.05, 0) is 27.7 Å². The summed E-state index contributed by atoms with van der Waals surface area (Å²) in [6, 6.07) is 0. The molecule has 19 heavy (non-hydrogen) atoms. The molecule has 4 atom stereocenters. The molecule has 0 N–H and O–H groups in total. The van der Waals surface area contributed by atoms with E-state index in [0.717, 1.165) is 0 Å². The van der Waals surface area contributed by atoms with E-state index in [1.165, 1.54) is 27.7 Å². The van der Waals surface area contributed by atoms with Crippen LogP contribution in [0.3, 0.4) is 0 Å². The van der Waals surface area contributed by atoms with Gasteiger partial charge in [-0.25, -0.2) is 16.7 Å². The van der Waals surface area contributed by atoms with Crippen LogP contribution in [0, 0.1) is 5.41 Å². The maximum absolute atomic E-state index is 11.4. The van der Waals surface area contributed by atoms with Gasteiger partial charge in [-0.15, -0.1) is 0 Å². The van der Waals surface area contributed by atoms with E-state index in [2.05, 4.69) is 0 Å². The monoisotopic (exact) mass is 316 g/mol. The minimum atomic E-state index is -4.09. The minimum Gasteiger partial charge on any atom is -0.244 e. The summed E-state index contributed by atoms with van der Waals surface area (Å²) in [7, 11) is -8.19. The quantitative estimate of drug-likeness (QED) is 0.620. The number of hydrogen-bond acceptors (Lipinski definition) is 8. The molecule has 2 aliphatic rings. The largest absolute Gasteiger partial charge is 0.400 e. The van der Waals surface area contributed by atoms with E-state index in [0.29, 0.717) is 0 Å². The molecule has 10 heteroatoms. The molecule has 2 saturated heterocycles. The van der Waals surface area contributed by atoms with Gasteiger partial charge in [0.15, 0.2) is 0 Å². The molecule has 2 heterocycles. The van der Waals surface area contributed by atoms with Crippen molar-refractivity contribution in [3.05, 3.63) is 0 Å². The molecule has 2 aliphatic heterocycles. The van der Waals surface area contributed by atoms with Crippen LogP contribution in [0.15, 0.2) is 0 Å². The SMILES string of the molecule is CC1OS(=O)(=O)OC(C)C12C(C)OS(=O)(=O)OC2C. The van der Waals surface area contributed by atoms with Gasteiger partial charge in [0.05, 0.1) is 29.8 Å². The van der Waals surface area contributed by atoms with Crippen LogP contribution in [-0.4, -0.2) is 41.3 Å². The third-order valence-corrected chi connectivity index (χ3v) is 5.96. The highest BCUT2D eigenvalue weighted by Gasteiger charge is 2.62. The first-order valence-electron chi connectivity index (χ1n) is 5.74. The van der Waals surface area contributed by atoms with Crippen LogP contribution in [0.25, 0.3) is 0 Å². The summed E-state index contributed by atoms with van der Waals surface area (Å²) in [5, 5.41) is 0. The Bertz CT molecular complexity index is 474. The van der Waals surface area contributed by atoms with Crippen molar-refractivity contribution in [3.8, 4) is 0 Å². The first kappa shape index (κ1) is 15.1. The van der Waals surface area contributed by atoms with Crippen LogP contribution in [-0.2, 0) is 37.5 Å². The highest BCUT2D eigenvalue weighted by Crippen LogP contribution is 2.48. The van der Waals surface area contributed by atoms with Crippen LogP contribution in [0.5, 0.6) is 0 Å². The zero-order valence-corrected chi connectivity index (χ0v) is 12.5. The fourth-order valence-corrected chi connectivity index (χ4v) is 5.24. The summed E-state index contributed by atoms with van der Waals surface area (Å²) in [5.41, 5.74) is -1.04. The van der Waals surface area contributed by atoms with Crippen molar-refractivity contribution in [2.75, 3.05) is 0 Å². The first-order valence-corrected chi connectivity index (χ1v) is 8.41. The topological polar surface area (TPSA) is 105 Å². The average molecular weight is 316 g/mol. The standard InChI is InChI=1S/C9H16O8S2/c1-5-9(6(2)15-18(10,11)14-5)7(3)16-19(12,13)17-8(9)4/h5-8H,1-4H3. The summed E-state index contributed by atoms with van der Waals surface area (Å²) in [6.45, 7) is 6.09. The third-order valence-electron chi connectivity index (χ3n) is 3.87. The van der Waals surface area contributed by atoms with E-state index in [1.807, 2.05) is 0 Å². The van der Waals surface area contributed by atoms with Crippen LogP contribution in [0.4, 0.5) is 0 Å². The van der Waals surface area contributed by atoms with Crippen molar-refractivity contribution < 1.29 is 33.6 Å². The normalized spacial score (nSPS) is 49.1.